The summed E-state index contributed by atoms with van der Waals surface area (Å²) in [5.74, 6) is -0.0768. The molecule has 29 heavy (non-hydrogen) atoms. The SMILES string of the molecule is CCCc1ccccc1CNC(=O)c1cc(-c2ccccc2)nc2ccccc12. The first-order valence-corrected chi connectivity index (χ1v) is 10.1. The zero-order chi connectivity index (χ0) is 20.1. The van der Waals surface area contributed by atoms with Crippen molar-refractivity contribution in [1.82, 2.24) is 10.3 Å². The van der Waals surface area contributed by atoms with Crippen molar-refractivity contribution in [1.29, 1.82) is 0 Å². The first-order valence-electron chi connectivity index (χ1n) is 10.1. The summed E-state index contributed by atoms with van der Waals surface area (Å²) in [6, 6.07) is 28.0. The Labute approximate surface area is 171 Å². The van der Waals surface area contributed by atoms with Crippen molar-refractivity contribution in [2.24, 2.45) is 0 Å². The van der Waals surface area contributed by atoms with Crippen LogP contribution >= 0.6 is 0 Å². The van der Waals surface area contributed by atoms with Gasteiger partial charge >= 0.3 is 0 Å². The molecule has 0 spiro atoms. The molecule has 0 aliphatic rings. The molecule has 0 aliphatic carbocycles. The van der Waals surface area contributed by atoms with E-state index >= 15 is 0 Å². The minimum atomic E-state index is -0.0768. The quantitative estimate of drug-likeness (QED) is 0.460. The third-order valence-electron chi connectivity index (χ3n) is 5.11. The molecular weight excluding hydrogens is 356 g/mol. The van der Waals surface area contributed by atoms with Crippen molar-refractivity contribution in [2.45, 2.75) is 26.3 Å². The molecule has 0 unspecified atom stereocenters. The van der Waals surface area contributed by atoms with Gasteiger partial charge in [-0.2, -0.15) is 0 Å². The monoisotopic (exact) mass is 380 g/mol. The second kappa shape index (κ2) is 8.70. The fourth-order valence-corrected chi connectivity index (χ4v) is 3.63. The Morgan fingerprint density at radius 1 is 0.862 bits per heavy atom. The zero-order valence-electron chi connectivity index (χ0n) is 16.6. The van der Waals surface area contributed by atoms with Crippen molar-refractivity contribution in [3.63, 3.8) is 0 Å². The smallest absolute Gasteiger partial charge is 0.252 e. The molecule has 0 aliphatic heterocycles. The molecule has 3 nitrogen and oxygen atoms in total. The number of pyridine rings is 1. The highest BCUT2D eigenvalue weighted by Gasteiger charge is 2.14. The van der Waals surface area contributed by atoms with Crippen LogP contribution in [-0.2, 0) is 13.0 Å². The second-order valence-electron chi connectivity index (χ2n) is 7.14. The van der Waals surface area contributed by atoms with Gasteiger partial charge in [0.15, 0.2) is 0 Å². The van der Waals surface area contributed by atoms with Crippen LogP contribution in [0.4, 0.5) is 0 Å². The maximum absolute atomic E-state index is 13.1. The lowest BCUT2D eigenvalue weighted by atomic mass is 10.0. The van der Waals surface area contributed by atoms with Gasteiger partial charge in [0.1, 0.15) is 0 Å². The van der Waals surface area contributed by atoms with Gasteiger partial charge in [-0.1, -0.05) is 86.1 Å². The fraction of sp³-hybridized carbons (Fsp3) is 0.154. The molecule has 4 aromatic rings. The van der Waals surface area contributed by atoms with Gasteiger partial charge in [0, 0.05) is 17.5 Å². The molecule has 1 amide bonds. The van der Waals surface area contributed by atoms with Crippen LogP contribution in [0.3, 0.4) is 0 Å². The van der Waals surface area contributed by atoms with E-state index in [1.807, 2.05) is 66.7 Å². The Bertz CT molecular complexity index is 1140. The molecule has 0 fully saturated rings. The summed E-state index contributed by atoms with van der Waals surface area (Å²) in [4.78, 5) is 17.9. The number of aromatic nitrogens is 1. The van der Waals surface area contributed by atoms with Crippen molar-refractivity contribution >= 4 is 16.8 Å². The Balaban J connectivity index is 1.67. The largest absolute Gasteiger partial charge is 0.348 e. The third-order valence-corrected chi connectivity index (χ3v) is 5.11. The molecule has 3 aromatic carbocycles. The number of carbonyl (C=O) groups is 1. The van der Waals surface area contributed by atoms with E-state index in [-0.39, 0.29) is 5.91 Å². The van der Waals surface area contributed by atoms with Gasteiger partial charge in [0.05, 0.1) is 16.8 Å². The zero-order valence-corrected chi connectivity index (χ0v) is 16.6. The molecule has 1 N–H and O–H groups in total. The van der Waals surface area contributed by atoms with E-state index in [9.17, 15) is 4.79 Å². The summed E-state index contributed by atoms with van der Waals surface area (Å²) < 4.78 is 0. The van der Waals surface area contributed by atoms with E-state index in [1.54, 1.807) is 0 Å². The average molecular weight is 380 g/mol. The number of aryl methyl sites for hydroxylation is 1. The molecule has 0 saturated carbocycles. The highest BCUT2D eigenvalue weighted by atomic mass is 16.1. The molecule has 1 heterocycles. The molecule has 3 heteroatoms. The topological polar surface area (TPSA) is 42.0 Å². The van der Waals surface area contributed by atoms with Gasteiger partial charge < -0.3 is 5.32 Å². The highest BCUT2D eigenvalue weighted by Crippen LogP contribution is 2.25. The highest BCUT2D eigenvalue weighted by molar-refractivity contribution is 6.07. The number of carbonyl (C=O) groups excluding carboxylic acids is 1. The van der Waals surface area contributed by atoms with Crippen molar-refractivity contribution in [3.05, 3.63) is 102 Å². The number of nitrogens with one attached hydrogen (secondary N) is 1. The molecule has 0 atom stereocenters. The van der Waals surface area contributed by atoms with Crippen molar-refractivity contribution < 1.29 is 4.79 Å². The fourth-order valence-electron chi connectivity index (χ4n) is 3.63. The van der Waals surface area contributed by atoms with Crippen LogP contribution in [0.15, 0.2) is 84.9 Å². The minimum absolute atomic E-state index is 0.0768. The van der Waals surface area contributed by atoms with E-state index in [0.717, 1.165) is 35.0 Å². The Kier molecular flexibility index (Phi) is 5.66. The van der Waals surface area contributed by atoms with E-state index in [0.29, 0.717) is 12.1 Å². The number of rotatable bonds is 6. The number of benzene rings is 3. The lowest BCUT2D eigenvalue weighted by Gasteiger charge is -2.12. The van der Waals surface area contributed by atoms with E-state index in [1.165, 1.54) is 11.1 Å². The molecular formula is C26H24N2O. The Morgan fingerprint density at radius 2 is 1.55 bits per heavy atom. The first-order chi connectivity index (χ1) is 14.3. The van der Waals surface area contributed by atoms with Crippen LogP contribution in [0.1, 0.15) is 34.8 Å². The predicted molar refractivity (Wildman–Crippen MR) is 119 cm³/mol. The van der Waals surface area contributed by atoms with Gasteiger partial charge in [-0.05, 0) is 29.7 Å². The number of hydrogen-bond donors (Lipinski definition) is 1. The number of fused-ring (bicyclic) bond motifs is 1. The van der Waals surface area contributed by atoms with Crippen LogP contribution in [-0.4, -0.2) is 10.9 Å². The molecule has 0 saturated heterocycles. The van der Waals surface area contributed by atoms with Crippen LogP contribution in [0.5, 0.6) is 0 Å². The van der Waals surface area contributed by atoms with Crippen molar-refractivity contribution in [2.75, 3.05) is 0 Å². The van der Waals surface area contributed by atoms with Gasteiger partial charge in [-0.25, -0.2) is 4.98 Å². The molecule has 4 rings (SSSR count). The van der Waals surface area contributed by atoms with Gasteiger partial charge in [-0.3, -0.25) is 4.79 Å². The predicted octanol–water partition coefficient (Wildman–Crippen LogP) is 5.78. The van der Waals surface area contributed by atoms with Crippen LogP contribution in [0.25, 0.3) is 22.2 Å². The molecule has 0 radical (unpaired) electrons. The summed E-state index contributed by atoms with van der Waals surface area (Å²) >= 11 is 0. The summed E-state index contributed by atoms with van der Waals surface area (Å²) in [5, 5.41) is 3.99. The summed E-state index contributed by atoms with van der Waals surface area (Å²) in [5.41, 5.74) is 5.75. The van der Waals surface area contributed by atoms with E-state index < -0.39 is 0 Å². The molecule has 0 bridgehead atoms. The third kappa shape index (κ3) is 4.19. The van der Waals surface area contributed by atoms with Gasteiger partial charge in [0.2, 0.25) is 0 Å². The minimum Gasteiger partial charge on any atom is -0.348 e. The number of para-hydroxylation sites is 1. The summed E-state index contributed by atoms with van der Waals surface area (Å²) in [6.45, 7) is 2.69. The van der Waals surface area contributed by atoms with Crippen molar-refractivity contribution in [3.8, 4) is 11.3 Å². The maximum atomic E-state index is 13.1. The normalized spacial score (nSPS) is 10.8. The Morgan fingerprint density at radius 3 is 2.34 bits per heavy atom. The Hall–Kier alpha value is -3.46. The first kappa shape index (κ1) is 18.9. The lowest BCUT2D eigenvalue weighted by Crippen LogP contribution is -2.24. The number of nitrogens with zero attached hydrogens (tertiary/aromatic N) is 1. The molecule has 144 valence electrons. The maximum Gasteiger partial charge on any atom is 0.252 e. The molecule has 1 aromatic heterocycles. The van der Waals surface area contributed by atoms with E-state index in [2.05, 4.69) is 30.4 Å². The summed E-state index contributed by atoms with van der Waals surface area (Å²) in [6.07, 6.45) is 2.10. The van der Waals surface area contributed by atoms with Crippen LogP contribution in [0, 0.1) is 0 Å². The van der Waals surface area contributed by atoms with Gasteiger partial charge in [0.25, 0.3) is 5.91 Å². The summed E-state index contributed by atoms with van der Waals surface area (Å²) in [7, 11) is 0. The van der Waals surface area contributed by atoms with E-state index in [4.69, 9.17) is 4.98 Å². The van der Waals surface area contributed by atoms with Crippen LogP contribution < -0.4 is 5.32 Å². The average Bonchev–Trinajstić information content (AvgIpc) is 2.78. The standard InChI is InChI=1S/C26H24N2O/c1-2-10-19-11-6-7-14-21(19)18-27-26(29)23-17-25(20-12-4-3-5-13-20)28-24-16-9-8-15-22(23)24/h3-9,11-17H,2,10,18H2,1H3,(H,27,29). The second-order valence-corrected chi connectivity index (χ2v) is 7.14. The lowest BCUT2D eigenvalue weighted by molar-refractivity contribution is 0.0952. The number of hydrogen-bond acceptors (Lipinski definition) is 2. The van der Waals surface area contributed by atoms with Gasteiger partial charge in [-0.15, -0.1) is 0 Å². The van der Waals surface area contributed by atoms with Crippen LogP contribution in [0.2, 0.25) is 0 Å². The number of amides is 1.